The summed E-state index contributed by atoms with van der Waals surface area (Å²) < 4.78 is 0. The van der Waals surface area contributed by atoms with E-state index in [2.05, 4.69) is 6.07 Å². The van der Waals surface area contributed by atoms with Crippen LogP contribution in [-0.2, 0) is 22.6 Å². The summed E-state index contributed by atoms with van der Waals surface area (Å²) in [6, 6.07) is 17.8. The third-order valence-electron chi connectivity index (χ3n) is 5.10. The number of fused-ring (bicyclic) bond motifs is 1. The van der Waals surface area contributed by atoms with E-state index in [0.29, 0.717) is 6.54 Å². The van der Waals surface area contributed by atoms with E-state index in [1.54, 1.807) is 30.7 Å². The van der Waals surface area contributed by atoms with Crippen LogP contribution in [0.2, 0.25) is 0 Å². The Morgan fingerprint density at radius 2 is 1.69 bits per heavy atom. The summed E-state index contributed by atoms with van der Waals surface area (Å²) in [6.45, 7) is 5.98. The van der Waals surface area contributed by atoms with Crippen molar-refractivity contribution in [1.82, 2.24) is 4.90 Å². The largest absolute Gasteiger partial charge is 0.341 e. The van der Waals surface area contributed by atoms with Crippen molar-refractivity contribution in [2.45, 2.75) is 39.8 Å². The molecule has 1 atom stereocenters. The second-order valence-corrected chi connectivity index (χ2v) is 7.63. The Labute approximate surface area is 155 Å². The van der Waals surface area contributed by atoms with Gasteiger partial charge in [0.15, 0.2) is 0 Å². The van der Waals surface area contributed by atoms with Crippen molar-refractivity contribution >= 4 is 17.5 Å². The van der Waals surface area contributed by atoms with Gasteiger partial charge < -0.3 is 9.80 Å². The van der Waals surface area contributed by atoms with Crippen molar-refractivity contribution in [3.05, 3.63) is 65.7 Å². The third kappa shape index (κ3) is 3.24. The number of carbonyl (C=O) groups is 2. The molecule has 0 spiro atoms. The van der Waals surface area contributed by atoms with Gasteiger partial charge in [0.2, 0.25) is 11.8 Å². The standard InChI is InChI=1S/C22H26N2O2/c1-16-14-18-12-8-9-13-19(18)24(16)21(26)22(2,3)20(25)23(4)15-17-10-6-5-7-11-17/h5-13,16H,14-15H2,1-4H3. The number of hydrogen-bond donors (Lipinski definition) is 0. The van der Waals surface area contributed by atoms with Crippen LogP contribution in [0.4, 0.5) is 5.69 Å². The van der Waals surface area contributed by atoms with Gasteiger partial charge in [-0.25, -0.2) is 0 Å². The van der Waals surface area contributed by atoms with E-state index >= 15 is 0 Å². The van der Waals surface area contributed by atoms with Crippen LogP contribution in [0.25, 0.3) is 0 Å². The van der Waals surface area contributed by atoms with Crippen LogP contribution in [0.1, 0.15) is 31.9 Å². The minimum Gasteiger partial charge on any atom is -0.341 e. The summed E-state index contributed by atoms with van der Waals surface area (Å²) in [5.74, 6) is -0.303. The van der Waals surface area contributed by atoms with Gasteiger partial charge in [0.25, 0.3) is 0 Å². The van der Waals surface area contributed by atoms with Crippen LogP contribution in [0.15, 0.2) is 54.6 Å². The summed E-state index contributed by atoms with van der Waals surface area (Å²) >= 11 is 0. The fourth-order valence-electron chi connectivity index (χ4n) is 3.67. The number of anilines is 1. The number of amides is 2. The van der Waals surface area contributed by atoms with E-state index in [4.69, 9.17) is 0 Å². The first kappa shape index (κ1) is 18.2. The lowest BCUT2D eigenvalue weighted by atomic mass is 9.89. The molecule has 26 heavy (non-hydrogen) atoms. The molecule has 2 aromatic rings. The molecule has 1 unspecified atom stereocenters. The van der Waals surface area contributed by atoms with Gasteiger partial charge in [0.1, 0.15) is 5.41 Å². The zero-order valence-electron chi connectivity index (χ0n) is 15.9. The van der Waals surface area contributed by atoms with Crippen molar-refractivity contribution in [3.8, 4) is 0 Å². The van der Waals surface area contributed by atoms with Crippen molar-refractivity contribution in [2.24, 2.45) is 5.41 Å². The lowest BCUT2D eigenvalue weighted by molar-refractivity contribution is -0.146. The molecular weight excluding hydrogens is 324 g/mol. The Bertz CT molecular complexity index is 814. The fraction of sp³-hybridized carbons (Fsp3) is 0.364. The van der Waals surface area contributed by atoms with Gasteiger partial charge in [-0.2, -0.15) is 0 Å². The van der Waals surface area contributed by atoms with Crippen LogP contribution in [-0.4, -0.2) is 29.8 Å². The molecule has 0 radical (unpaired) electrons. The molecule has 0 aliphatic carbocycles. The maximum absolute atomic E-state index is 13.3. The summed E-state index contributed by atoms with van der Waals surface area (Å²) in [5, 5.41) is 0. The molecule has 0 saturated heterocycles. The van der Waals surface area contributed by atoms with Gasteiger partial charge in [0, 0.05) is 25.3 Å². The predicted octanol–water partition coefficient (Wildman–Crippen LogP) is 3.65. The molecule has 1 aliphatic rings. The Balaban J connectivity index is 1.80. The number of hydrogen-bond acceptors (Lipinski definition) is 2. The molecule has 3 rings (SSSR count). The van der Waals surface area contributed by atoms with Crippen molar-refractivity contribution < 1.29 is 9.59 Å². The molecule has 0 bridgehead atoms. The van der Waals surface area contributed by atoms with E-state index in [9.17, 15) is 9.59 Å². The van der Waals surface area contributed by atoms with Crippen LogP contribution < -0.4 is 4.90 Å². The SMILES string of the molecule is CC1Cc2ccccc2N1C(=O)C(C)(C)C(=O)N(C)Cc1ccccc1. The van der Waals surface area contributed by atoms with Gasteiger partial charge in [-0.05, 0) is 44.4 Å². The first-order valence-electron chi connectivity index (χ1n) is 9.03. The van der Waals surface area contributed by atoms with Gasteiger partial charge >= 0.3 is 0 Å². The van der Waals surface area contributed by atoms with E-state index in [-0.39, 0.29) is 17.9 Å². The van der Waals surface area contributed by atoms with E-state index in [1.807, 2.05) is 55.5 Å². The Morgan fingerprint density at radius 3 is 2.38 bits per heavy atom. The number of carbonyl (C=O) groups excluding carboxylic acids is 2. The third-order valence-corrected chi connectivity index (χ3v) is 5.10. The topological polar surface area (TPSA) is 40.6 Å². The smallest absolute Gasteiger partial charge is 0.242 e. The monoisotopic (exact) mass is 350 g/mol. The van der Waals surface area contributed by atoms with Crippen LogP contribution >= 0.6 is 0 Å². The summed E-state index contributed by atoms with van der Waals surface area (Å²) in [6.07, 6.45) is 0.825. The second kappa shape index (κ2) is 6.94. The number of rotatable bonds is 4. The lowest BCUT2D eigenvalue weighted by Crippen LogP contribution is -2.51. The quantitative estimate of drug-likeness (QED) is 0.790. The van der Waals surface area contributed by atoms with Gasteiger partial charge in [-0.1, -0.05) is 48.5 Å². The van der Waals surface area contributed by atoms with Crippen molar-refractivity contribution in [3.63, 3.8) is 0 Å². The Morgan fingerprint density at radius 1 is 1.08 bits per heavy atom. The molecule has 1 heterocycles. The zero-order chi connectivity index (χ0) is 18.9. The van der Waals surface area contributed by atoms with Crippen LogP contribution in [0.5, 0.6) is 0 Å². The molecule has 2 amide bonds. The average molecular weight is 350 g/mol. The van der Waals surface area contributed by atoms with E-state index in [1.165, 1.54) is 0 Å². The highest BCUT2D eigenvalue weighted by atomic mass is 16.2. The molecule has 136 valence electrons. The van der Waals surface area contributed by atoms with Crippen LogP contribution in [0, 0.1) is 5.41 Å². The predicted molar refractivity (Wildman–Crippen MR) is 104 cm³/mol. The number of nitrogens with zero attached hydrogens (tertiary/aromatic N) is 2. The molecule has 4 nitrogen and oxygen atoms in total. The molecule has 0 aromatic heterocycles. The molecule has 1 aliphatic heterocycles. The molecule has 0 fully saturated rings. The van der Waals surface area contributed by atoms with Crippen LogP contribution in [0.3, 0.4) is 0 Å². The molecule has 0 N–H and O–H groups in total. The lowest BCUT2D eigenvalue weighted by Gasteiger charge is -2.34. The maximum Gasteiger partial charge on any atom is 0.242 e. The molecule has 4 heteroatoms. The Kier molecular flexibility index (Phi) is 4.86. The number of para-hydroxylation sites is 1. The molecule has 0 saturated carbocycles. The highest BCUT2D eigenvalue weighted by molar-refractivity contribution is 6.12. The van der Waals surface area contributed by atoms with Crippen molar-refractivity contribution in [2.75, 3.05) is 11.9 Å². The van der Waals surface area contributed by atoms with Crippen molar-refractivity contribution in [1.29, 1.82) is 0 Å². The van der Waals surface area contributed by atoms with Gasteiger partial charge in [-0.15, -0.1) is 0 Å². The Hall–Kier alpha value is -2.62. The second-order valence-electron chi connectivity index (χ2n) is 7.63. The van der Waals surface area contributed by atoms with Gasteiger partial charge in [-0.3, -0.25) is 9.59 Å². The average Bonchev–Trinajstić information content (AvgIpc) is 2.96. The van der Waals surface area contributed by atoms with E-state index in [0.717, 1.165) is 23.2 Å². The van der Waals surface area contributed by atoms with E-state index < -0.39 is 5.41 Å². The minimum atomic E-state index is -1.12. The van der Waals surface area contributed by atoms with Gasteiger partial charge in [0.05, 0.1) is 0 Å². The highest BCUT2D eigenvalue weighted by Gasteiger charge is 2.44. The first-order valence-corrected chi connectivity index (χ1v) is 9.03. The number of benzene rings is 2. The summed E-state index contributed by atoms with van der Waals surface area (Å²) in [7, 11) is 1.76. The highest BCUT2D eigenvalue weighted by Crippen LogP contribution is 2.36. The molecule has 2 aromatic carbocycles. The minimum absolute atomic E-state index is 0.0615. The normalized spacial score (nSPS) is 16.3. The maximum atomic E-state index is 13.3. The summed E-state index contributed by atoms with van der Waals surface area (Å²) in [4.78, 5) is 29.8. The summed E-state index contributed by atoms with van der Waals surface area (Å²) in [5.41, 5.74) is 2.02. The molecular formula is C22H26N2O2. The zero-order valence-corrected chi connectivity index (χ0v) is 15.9. The first-order chi connectivity index (χ1) is 12.3. The fourth-order valence-corrected chi connectivity index (χ4v) is 3.67.